The van der Waals surface area contributed by atoms with E-state index in [1.165, 1.54) is 5.56 Å². The van der Waals surface area contributed by atoms with E-state index < -0.39 is 0 Å². The van der Waals surface area contributed by atoms with E-state index >= 15 is 0 Å². The highest BCUT2D eigenvalue weighted by molar-refractivity contribution is 7.80. The summed E-state index contributed by atoms with van der Waals surface area (Å²) in [6, 6.07) is 13.4. The van der Waals surface area contributed by atoms with Gasteiger partial charge >= 0.3 is 0 Å². The number of halogens is 1. The lowest BCUT2D eigenvalue weighted by atomic mass is 10.0. The molecule has 0 fully saturated rings. The van der Waals surface area contributed by atoms with Crippen LogP contribution in [0.25, 0.3) is 0 Å². The zero-order valence-corrected chi connectivity index (χ0v) is 15.5. The number of nitrogens with zero attached hydrogens (tertiary/aromatic N) is 1. The van der Waals surface area contributed by atoms with Gasteiger partial charge in [0.2, 0.25) is 0 Å². The molecule has 0 aromatic heterocycles. The quantitative estimate of drug-likeness (QED) is 0.828. The summed E-state index contributed by atoms with van der Waals surface area (Å²) < 4.78 is 5.56. The van der Waals surface area contributed by atoms with E-state index in [1.807, 2.05) is 30.0 Å². The Labute approximate surface area is 157 Å². The summed E-state index contributed by atoms with van der Waals surface area (Å²) in [5.74, 6) is 0.358. The molecule has 0 spiro atoms. The minimum atomic E-state index is -0.276. The first-order valence-corrected chi connectivity index (χ1v) is 8.91. The summed E-state index contributed by atoms with van der Waals surface area (Å²) in [6.45, 7) is 2.58. The average molecular weight is 375 g/mol. The van der Waals surface area contributed by atoms with Crippen molar-refractivity contribution >= 4 is 40.5 Å². The fraction of sp³-hybridized carbons (Fsp3) is 0.263. The third-order valence-corrected chi connectivity index (χ3v) is 4.66. The van der Waals surface area contributed by atoms with Crippen LogP contribution in [0.4, 0.5) is 5.69 Å². The number of fused-ring (bicyclic) bond motifs is 1. The van der Waals surface area contributed by atoms with Gasteiger partial charge in [0.1, 0.15) is 5.75 Å². The SMILES string of the molecule is Cc1cc(Cl)ccc1OCC(=O)NC(=S)N1CCCc2ccccc21. The van der Waals surface area contributed by atoms with E-state index in [0.717, 1.165) is 30.6 Å². The Bertz CT molecular complexity index is 810. The van der Waals surface area contributed by atoms with Crippen LogP contribution >= 0.6 is 23.8 Å². The minimum Gasteiger partial charge on any atom is -0.483 e. The Morgan fingerprint density at radius 1 is 1.32 bits per heavy atom. The van der Waals surface area contributed by atoms with Crippen LogP contribution in [0, 0.1) is 6.92 Å². The number of anilines is 1. The Kier molecular flexibility index (Phi) is 5.56. The maximum absolute atomic E-state index is 12.2. The third kappa shape index (κ3) is 4.30. The molecule has 0 radical (unpaired) electrons. The summed E-state index contributed by atoms with van der Waals surface area (Å²) in [6.07, 6.45) is 2.04. The fourth-order valence-corrected chi connectivity index (χ4v) is 3.42. The molecule has 1 amide bonds. The first kappa shape index (κ1) is 17.7. The molecule has 1 N–H and O–H groups in total. The van der Waals surface area contributed by atoms with Crippen molar-refractivity contribution in [3.8, 4) is 5.75 Å². The number of aryl methyl sites for hydroxylation is 2. The van der Waals surface area contributed by atoms with Crippen LogP contribution < -0.4 is 15.0 Å². The van der Waals surface area contributed by atoms with Gasteiger partial charge in [0, 0.05) is 17.3 Å². The first-order valence-electron chi connectivity index (χ1n) is 8.13. The van der Waals surface area contributed by atoms with Crippen molar-refractivity contribution in [2.45, 2.75) is 19.8 Å². The van der Waals surface area contributed by atoms with E-state index in [4.69, 9.17) is 28.6 Å². The van der Waals surface area contributed by atoms with Gasteiger partial charge in [-0.25, -0.2) is 0 Å². The number of carbonyl (C=O) groups is 1. The van der Waals surface area contributed by atoms with Gasteiger partial charge in [0.15, 0.2) is 11.7 Å². The predicted octanol–water partition coefficient (Wildman–Crippen LogP) is 3.88. The number of benzene rings is 2. The molecule has 1 aliphatic rings. The van der Waals surface area contributed by atoms with Crippen LogP contribution in [-0.4, -0.2) is 24.2 Å². The lowest BCUT2D eigenvalue weighted by molar-refractivity contribution is -0.121. The molecule has 2 aromatic carbocycles. The van der Waals surface area contributed by atoms with Gasteiger partial charge in [-0.05, 0) is 67.4 Å². The maximum Gasteiger partial charge on any atom is 0.264 e. The lowest BCUT2D eigenvalue weighted by Crippen LogP contribution is -2.46. The zero-order chi connectivity index (χ0) is 17.8. The summed E-state index contributed by atoms with van der Waals surface area (Å²) in [7, 11) is 0. The summed E-state index contributed by atoms with van der Waals surface area (Å²) >= 11 is 11.3. The monoisotopic (exact) mass is 374 g/mol. The fourth-order valence-electron chi connectivity index (χ4n) is 2.89. The smallest absolute Gasteiger partial charge is 0.264 e. The molecule has 130 valence electrons. The van der Waals surface area contributed by atoms with E-state index in [1.54, 1.807) is 18.2 Å². The Hall–Kier alpha value is -2.11. The van der Waals surface area contributed by atoms with Crippen LogP contribution in [0.1, 0.15) is 17.5 Å². The van der Waals surface area contributed by atoms with Crippen molar-refractivity contribution in [1.82, 2.24) is 5.32 Å². The lowest BCUT2D eigenvalue weighted by Gasteiger charge is -2.31. The van der Waals surface area contributed by atoms with Crippen molar-refractivity contribution in [3.63, 3.8) is 0 Å². The summed E-state index contributed by atoms with van der Waals surface area (Å²) in [5, 5.41) is 3.81. The second-order valence-electron chi connectivity index (χ2n) is 5.94. The molecule has 0 atom stereocenters. The number of ether oxygens (including phenoxy) is 1. The van der Waals surface area contributed by atoms with Gasteiger partial charge in [-0.15, -0.1) is 0 Å². The molecule has 0 unspecified atom stereocenters. The Morgan fingerprint density at radius 3 is 2.92 bits per heavy atom. The van der Waals surface area contributed by atoms with Gasteiger partial charge in [0.05, 0.1) is 0 Å². The Balaban J connectivity index is 1.59. The molecule has 1 aliphatic heterocycles. The normalized spacial score (nSPS) is 13.1. The number of thiocarbonyl (C=S) groups is 1. The number of amides is 1. The number of hydrogen-bond donors (Lipinski definition) is 1. The number of hydrogen-bond acceptors (Lipinski definition) is 3. The number of nitrogens with one attached hydrogen (secondary N) is 1. The molecule has 0 bridgehead atoms. The molecule has 2 aromatic rings. The van der Waals surface area contributed by atoms with Gasteiger partial charge in [-0.1, -0.05) is 29.8 Å². The van der Waals surface area contributed by atoms with Crippen LogP contribution in [0.3, 0.4) is 0 Å². The van der Waals surface area contributed by atoms with E-state index in [2.05, 4.69) is 11.4 Å². The van der Waals surface area contributed by atoms with Crippen LogP contribution in [-0.2, 0) is 11.2 Å². The summed E-state index contributed by atoms with van der Waals surface area (Å²) in [4.78, 5) is 14.2. The van der Waals surface area contributed by atoms with E-state index in [-0.39, 0.29) is 12.5 Å². The van der Waals surface area contributed by atoms with Crippen molar-refractivity contribution in [2.24, 2.45) is 0 Å². The van der Waals surface area contributed by atoms with E-state index in [0.29, 0.717) is 15.9 Å². The van der Waals surface area contributed by atoms with Crippen molar-refractivity contribution in [3.05, 3.63) is 58.6 Å². The molecule has 0 saturated carbocycles. The predicted molar refractivity (Wildman–Crippen MR) is 105 cm³/mol. The third-order valence-electron chi connectivity index (χ3n) is 4.10. The van der Waals surface area contributed by atoms with Gasteiger partial charge in [0.25, 0.3) is 5.91 Å². The van der Waals surface area contributed by atoms with E-state index in [9.17, 15) is 4.79 Å². The van der Waals surface area contributed by atoms with Gasteiger partial charge < -0.3 is 9.64 Å². The molecule has 0 aliphatic carbocycles. The minimum absolute atomic E-state index is 0.0991. The van der Waals surface area contributed by atoms with Crippen molar-refractivity contribution < 1.29 is 9.53 Å². The van der Waals surface area contributed by atoms with Crippen LogP contribution in [0.15, 0.2) is 42.5 Å². The zero-order valence-electron chi connectivity index (χ0n) is 13.9. The summed E-state index contributed by atoms with van der Waals surface area (Å²) in [5.41, 5.74) is 3.19. The molecular weight excluding hydrogens is 356 g/mol. The molecule has 1 heterocycles. The second-order valence-corrected chi connectivity index (χ2v) is 6.76. The molecule has 3 rings (SSSR count). The maximum atomic E-state index is 12.2. The highest BCUT2D eigenvalue weighted by Crippen LogP contribution is 2.26. The molecular formula is C19H19ClN2O2S. The molecule has 4 nitrogen and oxygen atoms in total. The average Bonchev–Trinajstić information content (AvgIpc) is 2.60. The standard InChI is InChI=1S/C19H19ClN2O2S/c1-13-11-15(20)8-9-17(13)24-12-18(23)21-19(25)22-10-4-6-14-5-2-3-7-16(14)22/h2-3,5,7-9,11H,4,6,10,12H2,1H3,(H,21,23,25). The molecule has 25 heavy (non-hydrogen) atoms. The number of carbonyl (C=O) groups excluding carboxylic acids is 1. The molecule has 6 heteroatoms. The Morgan fingerprint density at radius 2 is 2.12 bits per heavy atom. The van der Waals surface area contributed by atoms with Gasteiger partial charge in [-0.2, -0.15) is 0 Å². The second kappa shape index (κ2) is 7.85. The van der Waals surface area contributed by atoms with Crippen molar-refractivity contribution in [2.75, 3.05) is 18.1 Å². The van der Waals surface area contributed by atoms with Crippen molar-refractivity contribution in [1.29, 1.82) is 0 Å². The number of rotatable bonds is 3. The highest BCUT2D eigenvalue weighted by Gasteiger charge is 2.21. The van der Waals surface area contributed by atoms with Crippen LogP contribution in [0.2, 0.25) is 5.02 Å². The highest BCUT2D eigenvalue weighted by atomic mass is 35.5. The first-order chi connectivity index (χ1) is 12.0. The number of para-hydroxylation sites is 1. The molecule has 0 saturated heterocycles. The topological polar surface area (TPSA) is 41.6 Å². The van der Waals surface area contributed by atoms with Crippen LogP contribution in [0.5, 0.6) is 5.75 Å². The van der Waals surface area contributed by atoms with Gasteiger partial charge in [-0.3, -0.25) is 10.1 Å². The largest absolute Gasteiger partial charge is 0.483 e.